The Morgan fingerprint density at radius 3 is 2.92 bits per heavy atom. The predicted molar refractivity (Wildman–Crippen MR) is 49.9 cm³/mol. The van der Waals surface area contributed by atoms with Crippen LogP contribution in [0.25, 0.3) is 0 Å². The van der Waals surface area contributed by atoms with E-state index in [1.807, 2.05) is 0 Å². The number of hydrogen-bond donors (Lipinski definition) is 1. The lowest BCUT2D eigenvalue weighted by Gasteiger charge is -2.35. The molecule has 1 saturated carbocycles. The number of fused-ring (bicyclic) bond motifs is 1. The fraction of sp³-hybridized carbons (Fsp3) is 0.818. The summed E-state index contributed by atoms with van der Waals surface area (Å²) in [6, 6.07) is 0. The Hall–Kier alpha value is -0.460. The van der Waals surface area contributed by atoms with Gasteiger partial charge in [-0.2, -0.15) is 0 Å². The molecular weight excluding hydrogens is 148 g/mol. The van der Waals surface area contributed by atoms with Crippen LogP contribution in [0.4, 0.5) is 0 Å². The highest BCUT2D eigenvalue weighted by atomic mass is 16.3. The Morgan fingerprint density at radius 1 is 1.33 bits per heavy atom. The van der Waals surface area contributed by atoms with E-state index in [0.717, 1.165) is 5.92 Å². The fourth-order valence-corrected chi connectivity index (χ4v) is 2.71. The molecule has 0 aliphatic heterocycles. The van der Waals surface area contributed by atoms with Crippen LogP contribution in [-0.4, -0.2) is 5.11 Å². The van der Waals surface area contributed by atoms with Gasteiger partial charge in [0.1, 0.15) is 0 Å². The van der Waals surface area contributed by atoms with E-state index in [2.05, 4.69) is 13.0 Å². The zero-order valence-electron chi connectivity index (χ0n) is 7.79. The molecule has 0 aromatic rings. The molecule has 1 heteroatoms. The zero-order valence-corrected chi connectivity index (χ0v) is 7.79. The van der Waals surface area contributed by atoms with Gasteiger partial charge in [0, 0.05) is 5.92 Å². The molecule has 3 unspecified atom stereocenters. The first-order valence-corrected chi connectivity index (χ1v) is 5.18. The number of allylic oxidation sites excluding steroid dienone is 2. The SMILES string of the molecule is CC1CC2CCCCC2C=C1O. The van der Waals surface area contributed by atoms with Crippen LogP contribution < -0.4 is 0 Å². The highest BCUT2D eigenvalue weighted by Crippen LogP contribution is 2.40. The average Bonchev–Trinajstić information content (AvgIpc) is 2.07. The Kier molecular flexibility index (Phi) is 2.12. The monoisotopic (exact) mass is 166 g/mol. The van der Waals surface area contributed by atoms with Crippen LogP contribution in [0.15, 0.2) is 11.8 Å². The van der Waals surface area contributed by atoms with E-state index < -0.39 is 0 Å². The van der Waals surface area contributed by atoms with Gasteiger partial charge in [-0.1, -0.05) is 19.8 Å². The first-order chi connectivity index (χ1) is 5.77. The van der Waals surface area contributed by atoms with E-state index in [1.165, 1.54) is 32.1 Å². The molecule has 0 spiro atoms. The topological polar surface area (TPSA) is 20.2 Å². The maximum atomic E-state index is 9.58. The predicted octanol–water partition coefficient (Wildman–Crippen LogP) is 3.27. The second-order valence-corrected chi connectivity index (χ2v) is 4.44. The molecule has 2 aliphatic rings. The van der Waals surface area contributed by atoms with Crippen LogP contribution >= 0.6 is 0 Å². The fourth-order valence-electron chi connectivity index (χ4n) is 2.71. The van der Waals surface area contributed by atoms with Crippen molar-refractivity contribution in [1.82, 2.24) is 0 Å². The molecule has 0 saturated heterocycles. The molecule has 0 heterocycles. The summed E-state index contributed by atoms with van der Waals surface area (Å²) in [5.74, 6) is 2.65. The standard InChI is InChI=1S/C11H18O/c1-8-6-9-4-2-3-5-10(9)7-11(8)12/h7-10,12H,2-6H2,1H3. The number of aliphatic hydroxyl groups is 1. The molecule has 0 aromatic heterocycles. The second-order valence-electron chi connectivity index (χ2n) is 4.44. The maximum absolute atomic E-state index is 9.58. The zero-order chi connectivity index (χ0) is 8.55. The lowest BCUT2D eigenvalue weighted by molar-refractivity contribution is 0.189. The number of hydrogen-bond acceptors (Lipinski definition) is 1. The van der Waals surface area contributed by atoms with Gasteiger partial charge in [0.25, 0.3) is 0 Å². The minimum Gasteiger partial charge on any atom is -0.512 e. The van der Waals surface area contributed by atoms with Crippen LogP contribution in [0.3, 0.4) is 0 Å². The van der Waals surface area contributed by atoms with E-state index in [9.17, 15) is 5.11 Å². The highest BCUT2D eigenvalue weighted by Gasteiger charge is 2.30. The molecule has 3 atom stereocenters. The Labute approximate surface area is 74.5 Å². The van der Waals surface area contributed by atoms with Crippen molar-refractivity contribution in [1.29, 1.82) is 0 Å². The minimum atomic E-state index is 0.421. The van der Waals surface area contributed by atoms with Crippen molar-refractivity contribution >= 4 is 0 Å². The van der Waals surface area contributed by atoms with Gasteiger partial charge < -0.3 is 5.11 Å². The van der Waals surface area contributed by atoms with Crippen molar-refractivity contribution in [2.75, 3.05) is 0 Å². The Morgan fingerprint density at radius 2 is 2.08 bits per heavy atom. The summed E-state index contributed by atoms with van der Waals surface area (Å²) in [5, 5.41) is 9.58. The molecule has 0 bridgehead atoms. The molecule has 12 heavy (non-hydrogen) atoms. The van der Waals surface area contributed by atoms with E-state index in [4.69, 9.17) is 0 Å². The summed E-state index contributed by atoms with van der Waals surface area (Å²) >= 11 is 0. The number of aliphatic hydroxyl groups excluding tert-OH is 1. The van der Waals surface area contributed by atoms with Crippen molar-refractivity contribution in [3.8, 4) is 0 Å². The van der Waals surface area contributed by atoms with Gasteiger partial charge in [-0.3, -0.25) is 0 Å². The lowest BCUT2D eigenvalue weighted by atomic mass is 9.71. The second kappa shape index (κ2) is 3.12. The van der Waals surface area contributed by atoms with Crippen LogP contribution in [0.2, 0.25) is 0 Å². The maximum Gasteiger partial charge on any atom is 0.0913 e. The Bertz CT molecular complexity index is 195. The van der Waals surface area contributed by atoms with Crippen molar-refractivity contribution in [3.05, 3.63) is 11.8 Å². The first-order valence-electron chi connectivity index (χ1n) is 5.18. The minimum absolute atomic E-state index is 0.421. The van der Waals surface area contributed by atoms with Crippen LogP contribution in [-0.2, 0) is 0 Å². The third-order valence-electron chi connectivity index (χ3n) is 3.51. The molecular formula is C11H18O. The summed E-state index contributed by atoms with van der Waals surface area (Å²) in [5.41, 5.74) is 0. The summed E-state index contributed by atoms with van der Waals surface area (Å²) in [6.45, 7) is 2.14. The number of rotatable bonds is 0. The summed E-state index contributed by atoms with van der Waals surface area (Å²) in [4.78, 5) is 0. The van der Waals surface area contributed by atoms with Crippen molar-refractivity contribution in [2.45, 2.75) is 39.0 Å². The molecule has 2 rings (SSSR count). The van der Waals surface area contributed by atoms with E-state index in [0.29, 0.717) is 17.6 Å². The molecule has 2 aliphatic carbocycles. The molecule has 1 nitrogen and oxygen atoms in total. The van der Waals surface area contributed by atoms with Crippen molar-refractivity contribution < 1.29 is 5.11 Å². The molecule has 0 aromatic carbocycles. The van der Waals surface area contributed by atoms with Crippen LogP contribution in [0.1, 0.15) is 39.0 Å². The van der Waals surface area contributed by atoms with E-state index >= 15 is 0 Å². The van der Waals surface area contributed by atoms with Crippen molar-refractivity contribution in [3.63, 3.8) is 0 Å². The summed E-state index contributed by atoms with van der Waals surface area (Å²) in [6.07, 6.45) is 8.80. The van der Waals surface area contributed by atoms with Gasteiger partial charge in [0.2, 0.25) is 0 Å². The van der Waals surface area contributed by atoms with Crippen LogP contribution in [0, 0.1) is 17.8 Å². The third kappa shape index (κ3) is 1.37. The first kappa shape index (κ1) is 8.15. The average molecular weight is 166 g/mol. The quantitative estimate of drug-likeness (QED) is 0.585. The molecule has 68 valence electrons. The van der Waals surface area contributed by atoms with Crippen LogP contribution in [0.5, 0.6) is 0 Å². The Balaban J connectivity index is 2.12. The molecule has 0 radical (unpaired) electrons. The summed E-state index contributed by atoms with van der Waals surface area (Å²) < 4.78 is 0. The third-order valence-corrected chi connectivity index (χ3v) is 3.51. The van der Waals surface area contributed by atoms with Gasteiger partial charge >= 0.3 is 0 Å². The van der Waals surface area contributed by atoms with Gasteiger partial charge in [0.05, 0.1) is 5.76 Å². The van der Waals surface area contributed by atoms with Gasteiger partial charge in [-0.15, -0.1) is 0 Å². The molecule has 1 N–H and O–H groups in total. The summed E-state index contributed by atoms with van der Waals surface area (Å²) in [7, 11) is 0. The normalized spacial score (nSPS) is 41.8. The molecule has 0 amide bonds. The van der Waals surface area contributed by atoms with Gasteiger partial charge in [-0.05, 0) is 37.2 Å². The highest BCUT2D eigenvalue weighted by molar-refractivity contribution is 5.06. The molecule has 1 fully saturated rings. The van der Waals surface area contributed by atoms with Gasteiger partial charge in [-0.25, -0.2) is 0 Å². The van der Waals surface area contributed by atoms with Crippen molar-refractivity contribution in [2.24, 2.45) is 17.8 Å². The smallest absolute Gasteiger partial charge is 0.0913 e. The lowest BCUT2D eigenvalue weighted by Crippen LogP contribution is -2.25. The van der Waals surface area contributed by atoms with Gasteiger partial charge in [0.15, 0.2) is 0 Å². The largest absolute Gasteiger partial charge is 0.512 e. The van der Waals surface area contributed by atoms with E-state index in [-0.39, 0.29) is 0 Å². The van der Waals surface area contributed by atoms with E-state index in [1.54, 1.807) is 0 Å².